The van der Waals surface area contributed by atoms with Crippen molar-refractivity contribution in [3.8, 4) is 0 Å². The molecule has 0 aliphatic rings. The van der Waals surface area contributed by atoms with Crippen molar-refractivity contribution in [1.29, 1.82) is 0 Å². The van der Waals surface area contributed by atoms with Crippen molar-refractivity contribution >= 4 is 16.9 Å². The minimum absolute atomic E-state index is 0.0228. The number of aromatic nitrogens is 2. The number of carbonyl (C=O) groups is 1. The highest BCUT2D eigenvalue weighted by Crippen LogP contribution is 2.25. The molecule has 5 heteroatoms. The van der Waals surface area contributed by atoms with Crippen LogP contribution >= 0.6 is 0 Å². The molecule has 3 rings (SSSR count). The zero-order chi connectivity index (χ0) is 17.8. The van der Waals surface area contributed by atoms with Crippen LogP contribution in [0.5, 0.6) is 0 Å². The zero-order valence-electron chi connectivity index (χ0n) is 14.6. The van der Waals surface area contributed by atoms with E-state index < -0.39 is 6.10 Å². The summed E-state index contributed by atoms with van der Waals surface area (Å²) in [5.74, 6) is 0.516. The van der Waals surface area contributed by atoms with E-state index in [1.807, 2.05) is 73.0 Å². The van der Waals surface area contributed by atoms with Gasteiger partial charge in [0.05, 0.1) is 11.0 Å². The molecule has 1 aromatic heterocycles. The minimum Gasteiger partial charge on any atom is -0.380 e. The number of nitrogens with zero attached hydrogens (tertiary/aromatic N) is 3. The summed E-state index contributed by atoms with van der Waals surface area (Å²) in [6, 6.07) is 17.0. The zero-order valence-corrected chi connectivity index (χ0v) is 14.6. The van der Waals surface area contributed by atoms with Gasteiger partial charge < -0.3 is 14.6 Å². The first-order valence-corrected chi connectivity index (χ1v) is 8.61. The van der Waals surface area contributed by atoms with Gasteiger partial charge in [-0.1, -0.05) is 42.5 Å². The first kappa shape index (κ1) is 17.2. The second kappa shape index (κ2) is 7.49. The number of imidazole rings is 1. The van der Waals surface area contributed by atoms with Gasteiger partial charge in [-0.2, -0.15) is 0 Å². The fraction of sp³-hybridized carbons (Fsp3) is 0.300. The summed E-state index contributed by atoms with van der Waals surface area (Å²) in [6.07, 6.45) is -0.877. The molecule has 0 saturated carbocycles. The first-order chi connectivity index (χ1) is 12.2. The molecule has 1 atom stereocenters. The molecule has 130 valence electrons. The number of carbonyl (C=O) groups excluding carboxylic acids is 1. The molecular weight excluding hydrogens is 314 g/mol. The molecule has 0 saturated heterocycles. The van der Waals surface area contributed by atoms with Crippen LogP contribution in [-0.2, 0) is 11.3 Å². The third-order valence-electron chi connectivity index (χ3n) is 4.45. The number of benzene rings is 2. The van der Waals surface area contributed by atoms with Gasteiger partial charge >= 0.3 is 0 Å². The van der Waals surface area contributed by atoms with E-state index in [1.54, 1.807) is 4.90 Å². The lowest BCUT2D eigenvalue weighted by Crippen LogP contribution is -2.34. The maximum atomic E-state index is 12.6. The van der Waals surface area contributed by atoms with Crippen molar-refractivity contribution in [2.75, 3.05) is 13.1 Å². The molecule has 0 radical (unpaired) electrons. The highest BCUT2D eigenvalue weighted by atomic mass is 16.3. The number of amides is 1. The van der Waals surface area contributed by atoms with Crippen LogP contribution < -0.4 is 0 Å². The van der Waals surface area contributed by atoms with E-state index in [0.717, 1.165) is 16.6 Å². The fourth-order valence-corrected chi connectivity index (χ4v) is 3.07. The Kier molecular flexibility index (Phi) is 5.14. The van der Waals surface area contributed by atoms with E-state index in [0.29, 0.717) is 18.9 Å². The van der Waals surface area contributed by atoms with Crippen LogP contribution in [0.3, 0.4) is 0 Å². The maximum Gasteiger partial charge on any atom is 0.242 e. The quantitative estimate of drug-likeness (QED) is 0.752. The normalized spacial score (nSPS) is 12.3. The molecule has 0 aliphatic heterocycles. The van der Waals surface area contributed by atoms with Gasteiger partial charge in [-0.15, -0.1) is 0 Å². The fourth-order valence-electron chi connectivity index (χ4n) is 3.07. The Morgan fingerprint density at radius 1 is 1.08 bits per heavy atom. The van der Waals surface area contributed by atoms with Crippen molar-refractivity contribution in [1.82, 2.24) is 14.5 Å². The molecule has 0 bridgehead atoms. The van der Waals surface area contributed by atoms with Crippen LogP contribution in [0.15, 0.2) is 54.6 Å². The summed E-state index contributed by atoms with van der Waals surface area (Å²) in [7, 11) is 0. The smallest absolute Gasteiger partial charge is 0.242 e. The summed E-state index contributed by atoms with van der Waals surface area (Å²) >= 11 is 0. The summed E-state index contributed by atoms with van der Waals surface area (Å²) in [4.78, 5) is 19.0. The summed E-state index contributed by atoms with van der Waals surface area (Å²) in [6.45, 7) is 5.43. The molecule has 2 aromatic carbocycles. The van der Waals surface area contributed by atoms with Crippen LogP contribution in [0.2, 0.25) is 0 Å². The third kappa shape index (κ3) is 3.42. The number of likely N-dealkylation sites (N-methyl/N-ethyl adjacent to an activating group) is 1. The molecule has 1 heterocycles. The molecule has 3 aromatic rings. The maximum absolute atomic E-state index is 12.6. The van der Waals surface area contributed by atoms with Crippen LogP contribution in [0.25, 0.3) is 11.0 Å². The molecule has 1 amide bonds. The Bertz CT molecular complexity index is 854. The van der Waals surface area contributed by atoms with Crippen LogP contribution in [0.4, 0.5) is 0 Å². The van der Waals surface area contributed by atoms with Gasteiger partial charge in [0.2, 0.25) is 5.91 Å². The second-order valence-electron chi connectivity index (χ2n) is 5.92. The second-order valence-corrected chi connectivity index (χ2v) is 5.92. The molecule has 0 unspecified atom stereocenters. The monoisotopic (exact) mass is 337 g/mol. The Morgan fingerprint density at radius 2 is 1.72 bits per heavy atom. The van der Waals surface area contributed by atoms with Gasteiger partial charge in [-0.05, 0) is 31.5 Å². The van der Waals surface area contributed by atoms with Gasteiger partial charge in [0, 0.05) is 13.1 Å². The highest BCUT2D eigenvalue weighted by Gasteiger charge is 2.22. The van der Waals surface area contributed by atoms with Gasteiger partial charge in [0.15, 0.2) is 0 Å². The van der Waals surface area contributed by atoms with Crippen LogP contribution in [0, 0.1) is 0 Å². The number of para-hydroxylation sites is 2. The average molecular weight is 337 g/mol. The summed E-state index contributed by atoms with van der Waals surface area (Å²) < 4.78 is 1.83. The predicted octanol–water partition coefficient (Wildman–Crippen LogP) is 2.99. The van der Waals surface area contributed by atoms with Gasteiger partial charge in [0.1, 0.15) is 18.5 Å². The molecule has 25 heavy (non-hydrogen) atoms. The lowest BCUT2D eigenvalue weighted by molar-refractivity contribution is -0.131. The van der Waals surface area contributed by atoms with Gasteiger partial charge in [-0.3, -0.25) is 4.79 Å². The minimum atomic E-state index is -0.877. The lowest BCUT2D eigenvalue weighted by Gasteiger charge is -2.21. The molecule has 5 nitrogen and oxygen atoms in total. The number of aliphatic hydroxyl groups is 1. The van der Waals surface area contributed by atoms with E-state index in [1.165, 1.54) is 0 Å². The molecule has 0 fully saturated rings. The van der Waals surface area contributed by atoms with Gasteiger partial charge in [-0.25, -0.2) is 4.98 Å². The standard InChI is InChI=1S/C20H23N3O2/c1-3-22(4-2)18(24)14-23-17-13-9-8-12-16(17)21-20(23)19(25)15-10-6-5-7-11-15/h5-13,19,25H,3-4,14H2,1-2H3/t19-/m0/s1. The predicted molar refractivity (Wildman–Crippen MR) is 98.2 cm³/mol. The van der Waals surface area contributed by atoms with E-state index in [9.17, 15) is 9.90 Å². The SMILES string of the molecule is CCN(CC)C(=O)Cn1c([C@@H](O)c2ccccc2)nc2ccccc21. The number of hydrogen-bond acceptors (Lipinski definition) is 3. The number of rotatable bonds is 6. The number of hydrogen-bond donors (Lipinski definition) is 1. The molecule has 1 N–H and O–H groups in total. The topological polar surface area (TPSA) is 58.4 Å². The number of fused-ring (bicyclic) bond motifs is 1. The first-order valence-electron chi connectivity index (χ1n) is 8.61. The number of aliphatic hydroxyl groups excluding tert-OH is 1. The van der Waals surface area contributed by atoms with E-state index in [4.69, 9.17) is 0 Å². The lowest BCUT2D eigenvalue weighted by atomic mass is 10.1. The van der Waals surface area contributed by atoms with Crippen molar-refractivity contribution in [2.24, 2.45) is 0 Å². The van der Waals surface area contributed by atoms with Crippen molar-refractivity contribution < 1.29 is 9.90 Å². The molecular formula is C20H23N3O2. The van der Waals surface area contributed by atoms with Gasteiger partial charge in [0.25, 0.3) is 0 Å². The third-order valence-corrected chi connectivity index (χ3v) is 4.45. The van der Waals surface area contributed by atoms with Crippen molar-refractivity contribution in [3.63, 3.8) is 0 Å². The highest BCUT2D eigenvalue weighted by molar-refractivity contribution is 5.81. The molecule has 0 aliphatic carbocycles. The van der Waals surface area contributed by atoms with Crippen molar-refractivity contribution in [3.05, 3.63) is 66.0 Å². The van der Waals surface area contributed by atoms with Crippen LogP contribution in [-0.4, -0.2) is 38.6 Å². The van der Waals surface area contributed by atoms with E-state index in [-0.39, 0.29) is 12.5 Å². The van der Waals surface area contributed by atoms with Crippen molar-refractivity contribution in [2.45, 2.75) is 26.5 Å². The molecule has 0 spiro atoms. The Labute approximate surface area is 147 Å². The summed E-state index contributed by atoms with van der Waals surface area (Å²) in [5.41, 5.74) is 2.39. The largest absolute Gasteiger partial charge is 0.380 e. The summed E-state index contributed by atoms with van der Waals surface area (Å²) in [5, 5.41) is 10.8. The van der Waals surface area contributed by atoms with Crippen LogP contribution in [0.1, 0.15) is 31.3 Å². The van der Waals surface area contributed by atoms with E-state index >= 15 is 0 Å². The Morgan fingerprint density at radius 3 is 2.40 bits per heavy atom. The van der Waals surface area contributed by atoms with E-state index in [2.05, 4.69) is 4.98 Å². The Balaban J connectivity index is 2.05. The average Bonchev–Trinajstić information content (AvgIpc) is 3.01. The Hall–Kier alpha value is -2.66.